The van der Waals surface area contributed by atoms with E-state index >= 15 is 0 Å². The molecule has 0 unspecified atom stereocenters. The molecule has 1 heterocycles. The fraction of sp³-hybridized carbons (Fsp3) is 0.826. The van der Waals surface area contributed by atoms with Gasteiger partial charge in [-0.15, -0.1) is 0 Å². The summed E-state index contributed by atoms with van der Waals surface area (Å²) < 4.78 is 8.00. The van der Waals surface area contributed by atoms with Crippen molar-refractivity contribution >= 4 is 5.91 Å². The highest BCUT2D eigenvalue weighted by Crippen LogP contribution is 2.55. The molecule has 6 heteroatoms. The number of carbonyl (C=O) groups excluding carboxylic acids is 1. The quantitative estimate of drug-likeness (QED) is 0.734. The number of nitrogens with two attached hydrogens (primary N) is 1. The van der Waals surface area contributed by atoms with Gasteiger partial charge in [-0.3, -0.25) is 4.79 Å². The van der Waals surface area contributed by atoms with Gasteiger partial charge in [-0.25, -0.2) is 4.68 Å². The van der Waals surface area contributed by atoms with Crippen LogP contribution in [0, 0.1) is 23.7 Å². The summed E-state index contributed by atoms with van der Waals surface area (Å²) in [4.78, 5) is 13.3. The standard InChI is InChI=1S/C23H36N4O2/c24-6-7-27-22(29-15-16-4-2-1-3-5-16)20(14-25-27)21(28)26-23-11-17-8-18(12-23)10-19(9-17)13-23/h14,16-19H,1-13,15,24H2,(H,26,28). The van der Waals surface area contributed by atoms with Crippen LogP contribution >= 0.6 is 0 Å². The zero-order chi connectivity index (χ0) is 19.8. The van der Waals surface area contributed by atoms with Crippen molar-refractivity contribution in [3.8, 4) is 5.88 Å². The molecule has 0 atom stereocenters. The molecule has 0 saturated heterocycles. The van der Waals surface area contributed by atoms with E-state index in [1.54, 1.807) is 10.9 Å². The van der Waals surface area contributed by atoms with E-state index in [1.807, 2.05) is 0 Å². The third-order valence-corrected chi connectivity index (χ3v) is 7.97. The Kier molecular flexibility index (Phi) is 5.31. The van der Waals surface area contributed by atoms with E-state index in [9.17, 15) is 4.79 Å². The molecule has 6 nitrogen and oxygen atoms in total. The van der Waals surface area contributed by atoms with E-state index in [0.717, 1.165) is 37.0 Å². The minimum Gasteiger partial charge on any atom is -0.477 e. The van der Waals surface area contributed by atoms with Gasteiger partial charge in [-0.05, 0) is 75.0 Å². The van der Waals surface area contributed by atoms with Crippen LogP contribution in [0.1, 0.15) is 81.0 Å². The van der Waals surface area contributed by atoms with Gasteiger partial charge in [-0.2, -0.15) is 5.10 Å². The highest BCUT2D eigenvalue weighted by atomic mass is 16.5. The van der Waals surface area contributed by atoms with Crippen molar-refractivity contribution < 1.29 is 9.53 Å². The average Bonchev–Trinajstić information content (AvgIpc) is 3.09. The van der Waals surface area contributed by atoms with Crippen molar-refractivity contribution in [3.05, 3.63) is 11.8 Å². The molecule has 1 aromatic rings. The lowest BCUT2D eigenvalue weighted by Crippen LogP contribution is -2.59. The zero-order valence-electron chi connectivity index (χ0n) is 17.6. The van der Waals surface area contributed by atoms with Gasteiger partial charge in [0.05, 0.1) is 19.3 Å². The molecular weight excluding hydrogens is 364 g/mol. The van der Waals surface area contributed by atoms with E-state index in [0.29, 0.717) is 37.1 Å². The van der Waals surface area contributed by atoms with Crippen LogP contribution in [0.2, 0.25) is 0 Å². The number of nitrogens with one attached hydrogen (secondary N) is 1. The average molecular weight is 401 g/mol. The second kappa shape index (κ2) is 7.93. The minimum absolute atomic E-state index is 0.00242. The summed E-state index contributed by atoms with van der Waals surface area (Å²) in [6, 6.07) is 0. The van der Waals surface area contributed by atoms with Gasteiger partial charge < -0.3 is 15.8 Å². The molecule has 4 bridgehead atoms. The number of hydrogen-bond donors (Lipinski definition) is 2. The Morgan fingerprint density at radius 3 is 2.41 bits per heavy atom. The minimum atomic E-state index is -0.00568. The van der Waals surface area contributed by atoms with E-state index in [4.69, 9.17) is 10.5 Å². The largest absolute Gasteiger partial charge is 0.477 e. The van der Waals surface area contributed by atoms with Crippen molar-refractivity contribution in [1.29, 1.82) is 0 Å². The fourth-order valence-corrected chi connectivity index (χ4v) is 7.09. The van der Waals surface area contributed by atoms with Gasteiger partial charge in [0, 0.05) is 12.1 Å². The third-order valence-electron chi connectivity index (χ3n) is 7.97. The summed E-state index contributed by atoms with van der Waals surface area (Å²) in [5, 5.41) is 7.91. The molecule has 160 valence electrons. The predicted molar refractivity (Wildman–Crippen MR) is 112 cm³/mol. The number of carbonyl (C=O) groups is 1. The topological polar surface area (TPSA) is 82.2 Å². The molecule has 0 spiro atoms. The molecule has 0 radical (unpaired) electrons. The lowest BCUT2D eigenvalue weighted by Gasteiger charge is -2.56. The molecule has 0 aliphatic heterocycles. The SMILES string of the molecule is NCCn1ncc(C(=O)NC23CC4CC(CC(C4)C2)C3)c1OCC1CCCCC1. The summed E-state index contributed by atoms with van der Waals surface area (Å²) in [6.45, 7) is 1.73. The highest BCUT2D eigenvalue weighted by molar-refractivity contribution is 5.96. The first-order chi connectivity index (χ1) is 14.1. The summed E-state index contributed by atoms with van der Waals surface area (Å²) in [6.07, 6.45) is 15.6. The molecule has 3 N–H and O–H groups in total. The molecule has 5 fully saturated rings. The van der Waals surface area contributed by atoms with Gasteiger partial charge >= 0.3 is 0 Å². The highest BCUT2D eigenvalue weighted by Gasteiger charge is 2.51. The Balaban J connectivity index is 1.31. The van der Waals surface area contributed by atoms with Crippen LogP contribution in [0.3, 0.4) is 0 Å². The lowest BCUT2D eigenvalue weighted by atomic mass is 9.53. The van der Waals surface area contributed by atoms with E-state index < -0.39 is 0 Å². The van der Waals surface area contributed by atoms with Crippen LogP contribution in [0.5, 0.6) is 5.88 Å². The molecule has 5 aliphatic carbocycles. The first-order valence-corrected chi connectivity index (χ1v) is 11.9. The van der Waals surface area contributed by atoms with Crippen LogP contribution in [0.4, 0.5) is 0 Å². The van der Waals surface area contributed by atoms with Crippen molar-refractivity contribution in [2.24, 2.45) is 29.4 Å². The van der Waals surface area contributed by atoms with Crippen LogP contribution in [-0.2, 0) is 6.54 Å². The normalized spacial score (nSPS) is 33.8. The summed E-state index contributed by atoms with van der Waals surface area (Å²) in [5.41, 5.74) is 6.36. The Bertz CT molecular complexity index is 702. The smallest absolute Gasteiger partial charge is 0.258 e. The van der Waals surface area contributed by atoms with Crippen LogP contribution < -0.4 is 15.8 Å². The second-order valence-corrected chi connectivity index (χ2v) is 10.3. The molecule has 0 aromatic carbocycles. The first kappa shape index (κ1) is 19.4. The van der Waals surface area contributed by atoms with Gasteiger partial charge in [0.2, 0.25) is 5.88 Å². The molecular formula is C23H36N4O2. The van der Waals surface area contributed by atoms with Gasteiger partial charge in [0.15, 0.2) is 0 Å². The molecule has 1 aromatic heterocycles. The number of aromatic nitrogens is 2. The van der Waals surface area contributed by atoms with Gasteiger partial charge in [0.1, 0.15) is 5.56 Å². The van der Waals surface area contributed by atoms with Crippen molar-refractivity contribution in [2.75, 3.05) is 13.2 Å². The van der Waals surface area contributed by atoms with E-state index in [1.165, 1.54) is 51.4 Å². The first-order valence-electron chi connectivity index (χ1n) is 11.9. The van der Waals surface area contributed by atoms with Crippen molar-refractivity contribution in [1.82, 2.24) is 15.1 Å². The number of rotatable bonds is 7. The number of hydrogen-bond acceptors (Lipinski definition) is 4. The summed E-state index contributed by atoms with van der Waals surface area (Å²) in [7, 11) is 0. The zero-order valence-corrected chi connectivity index (χ0v) is 17.6. The summed E-state index contributed by atoms with van der Waals surface area (Å²) in [5.74, 6) is 3.62. The Labute approximate surface area is 173 Å². The van der Waals surface area contributed by atoms with E-state index in [-0.39, 0.29) is 11.4 Å². The third kappa shape index (κ3) is 3.92. The maximum Gasteiger partial charge on any atom is 0.258 e. The van der Waals surface area contributed by atoms with E-state index in [2.05, 4.69) is 10.4 Å². The van der Waals surface area contributed by atoms with Gasteiger partial charge in [0.25, 0.3) is 5.91 Å². The maximum atomic E-state index is 13.3. The molecule has 29 heavy (non-hydrogen) atoms. The lowest BCUT2D eigenvalue weighted by molar-refractivity contribution is -0.0167. The Morgan fingerprint density at radius 2 is 1.79 bits per heavy atom. The summed E-state index contributed by atoms with van der Waals surface area (Å²) >= 11 is 0. The second-order valence-electron chi connectivity index (χ2n) is 10.3. The maximum absolute atomic E-state index is 13.3. The van der Waals surface area contributed by atoms with Crippen molar-refractivity contribution in [2.45, 2.75) is 82.7 Å². The number of amides is 1. The molecule has 6 rings (SSSR count). The number of ether oxygens (including phenoxy) is 1. The van der Waals surface area contributed by atoms with Crippen LogP contribution in [0.15, 0.2) is 6.20 Å². The molecule has 5 saturated carbocycles. The van der Waals surface area contributed by atoms with Gasteiger partial charge in [-0.1, -0.05) is 19.3 Å². The monoisotopic (exact) mass is 400 g/mol. The fourth-order valence-electron chi connectivity index (χ4n) is 7.09. The molecule has 5 aliphatic rings. The predicted octanol–water partition coefficient (Wildman–Crippen LogP) is 3.50. The molecule has 1 amide bonds. The Hall–Kier alpha value is -1.56. The Morgan fingerprint density at radius 1 is 1.14 bits per heavy atom. The van der Waals surface area contributed by atoms with Crippen LogP contribution in [-0.4, -0.2) is 34.4 Å². The van der Waals surface area contributed by atoms with Crippen LogP contribution in [0.25, 0.3) is 0 Å². The number of nitrogens with zero attached hydrogens (tertiary/aromatic N) is 2. The van der Waals surface area contributed by atoms with Crippen molar-refractivity contribution in [3.63, 3.8) is 0 Å².